The molecule has 2 heterocycles. The molecule has 0 fully saturated rings. The van der Waals surface area contributed by atoms with Crippen molar-refractivity contribution in [1.29, 1.82) is 5.26 Å². The second-order valence-electron chi connectivity index (χ2n) is 6.61. The Labute approximate surface area is 161 Å². The molecule has 0 bridgehead atoms. The standard InChI is InChI=1S/C21H18N6O/c1-26-9-8-18-10-17(6-7-19(18)26)11-21(28)24-20-13-23-27(25-20)14-16-4-2-15(12-22)3-5-16/h2-10,13H,11,14H2,1H3,(H,24,25,28). The summed E-state index contributed by atoms with van der Waals surface area (Å²) in [6.45, 7) is 0.465. The summed E-state index contributed by atoms with van der Waals surface area (Å²) >= 11 is 0. The minimum atomic E-state index is -0.138. The quantitative estimate of drug-likeness (QED) is 0.585. The first-order chi connectivity index (χ1) is 13.6. The number of nitriles is 1. The summed E-state index contributed by atoms with van der Waals surface area (Å²) in [7, 11) is 2.00. The Morgan fingerprint density at radius 1 is 1.14 bits per heavy atom. The van der Waals surface area contributed by atoms with Crippen molar-refractivity contribution in [2.24, 2.45) is 7.05 Å². The molecule has 1 amide bonds. The molecule has 4 rings (SSSR count). The van der Waals surface area contributed by atoms with Crippen molar-refractivity contribution in [2.45, 2.75) is 13.0 Å². The van der Waals surface area contributed by atoms with Gasteiger partial charge in [0, 0.05) is 18.8 Å². The van der Waals surface area contributed by atoms with Crippen molar-refractivity contribution in [1.82, 2.24) is 19.6 Å². The molecule has 4 aromatic rings. The van der Waals surface area contributed by atoms with Gasteiger partial charge in [-0.2, -0.15) is 15.2 Å². The Balaban J connectivity index is 1.38. The third kappa shape index (κ3) is 3.76. The number of aromatic nitrogens is 4. The molecule has 0 unspecified atom stereocenters. The fourth-order valence-corrected chi connectivity index (χ4v) is 3.09. The van der Waals surface area contributed by atoms with Crippen LogP contribution in [0.1, 0.15) is 16.7 Å². The van der Waals surface area contributed by atoms with E-state index in [1.807, 2.05) is 54.2 Å². The normalized spacial score (nSPS) is 10.7. The molecule has 0 radical (unpaired) electrons. The molecule has 0 aliphatic carbocycles. The molecule has 0 atom stereocenters. The number of nitrogens with one attached hydrogen (secondary N) is 1. The van der Waals surface area contributed by atoms with Crippen molar-refractivity contribution < 1.29 is 4.79 Å². The lowest BCUT2D eigenvalue weighted by atomic mass is 10.1. The number of fused-ring (bicyclic) bond motifs is 1. The number of carbonyl (C=O) groups is 1. The van der Waals surface area contributed by atoms with Gasteiger partial charge in [0.15, 0.2) is 5.82 Å². The zero-order valence-electron chi connectivity index (χ0n) is 15.3. The third-order valence-corrected chi connectivity index (χ3v) is 4.53. The fourth-order valence-electron chi connectivity index (χ4n) is 3.09. The molecule has 1 N–H and O–H groups in total. The van der Waals surface area contributed by atoms with Gasteiger partial charge in [0.2, 0.25) is 5.91 Å². The highest BCUT2D eigenvalue weighted by atomic mass is 16.1. The molecule has 0 spiro atoms. The zero-order valence-corrected chi connectivity index (χ0v) is 15.3. The second kappa shape index (κ2) is 7.37. The van der Waals surface area contributed by atoms with Crippen LogP contribution in [0.2, 0.25) is 0 Å². The van der Waals surface area contributed by atoms with Crippen molar-refractivity contribution in [3.63, 3.8) is 0 Å². The Hall–Kier alpha value is -3.92. The molecule has 2 aromatic heterocycles. The van der Waals surface area contributed by atoms with E-state index in [1.54, 1.807) is 12.1 Å². The summed E-state index contributed by atoms with van der Waals surface area (Å²) in [4.78, 5) is 13.8. The van der Waals surface area contributed by atoms with Crippen LogP contribution in [0, 0.1) is 11.3 Å². The van der Waals surface area contributed by atoms with Gasteiger partial charge in [-0.25, -0.2) is 0 Å². The lowest BCUT2D eigenvalue weighted by Gasteiger charge is -2.04. The van der Waals surface area contributed by atoms with Crippen LogP contribution >= 0.6 is 0 Å². The summed E-state index contributed by atoms with van der Waals surface area (Å²) in [5.41, 5.74) is 3.67. The lowest BCUT2D eigenvalue weighted by Crippen LogP contribution is -2.15. The Kier molecular flexibility index (Phi) is 4.60. The van der Waals surface area contributed by atoms with Gasteiger partial charge in [-0.05, 0) is 46.8 Å². The minimum absolute atomic E-state index is 0.138. The Morgan fingerprint density at radius 2 is 1.93 bits per heavy atom. The summed E-state index contributed by atoms with van der Waals surface area (Å²) in [6, 6.07) is 17.4. The van der Waals surface area contributed by atoms with Gasteiger partial charge in [0.1, 0.15) is 0 Å². The fraction of sp³-hybridized carbons (Fsp3) is 0.143. The Bertz CT molecular complexity index is 1180. The molecule has 2 aromatic carbocycles. The zero-order chi connectivity index (χ0) is 19.5. The maximum atomic E-state index is 12.3. The number of anilines is 1. The van der Waals surface area contributed by atoms with E-state index in [0.717, 1.165) is 22.0 Å². The monoisotopic (exact) mass is 370 g/mol. The molecule has 7 heteroatoms. The summed E-state index contributed by atoms with van der Waals surface area (Å²) in [5, 5.41) is 21.2. The highest BCUT2D eigenvalue weighted by Crippen LogP contribution is 2.17. The first-order valence-electron chi connectivity index (χ1n) is 8.84. The van der Waals surface area contributed by atoms with Gasteiger partial charge in [-0.15, -0.1) is 5.10 Å². The largest absolute Gasteiger partial charge is 0.351 e. The minimum Gasteiger partial charge on any atom is -0.351 e. The van der Waals surface area contributed by atoms with Crippen LogP contribution in [0.15, 0.2) is 60.9 Å². The molecular formula is C21H18N6O. The van der Waals surface area contributed by atoms with Crippen LogP contribution in [-0.2, 0) is 24.8 Å². The molecule has 7 nitrogen and oxygen atoms in total. The van der Waals surface area contributed by atoms with Gasteiger partial charge in [-0.3, -0.25) is 4.79 Å². The predicted octanol–water partition coefficient (Wildman–Crippen LogP) is 2.87. The molecule has 0 aliphatic heterocycles. The topological polar surface area (TPSA) is 88.5 Å². The van der Waals surface area contributed by atoms with Gasteiger partial charge >= 0.3 is 0 Å². The van der Waals surface area contributed by atoms with E-state index >= 15 is 0 Å². The van der Waals surface area contributed by atoms with E-state index in [2.05, 4.69) is 21.6 Å². The average molecular weight is 370 g/mol. The summed E-state index contributed by atoms with van der Waals surface area (Å²) in [6.07, 6.45) is 3.80. The smallest absolute Gasteiger partial charge is 0.230 e. The van der Waals surface area contributed by atoms with Crippen molar-refractivity contribution in [2.75, 3.05) is 5.32 Å². The highest BCUT2D eigenvalue weighted by molar-refractivity contribution is 5.92. The molecular weight excluding hydrogens is 352 g/mol. The van der Waals surface area contributed by atoms with Gasteiger partial charge in [0.05, 0.1) is 30.8 Å². The van der Waals surface area contributed by atoms with E-state index in [1.165, 1.54) is 11.0 Å². The second-order valence-corrected chi connectivity index (χ2v) is 6.61. The summed E-state index contributed by atoms with van der Waals surface area (Å²) < 4.78 is 2.05. The van der Waals surface area contributed by atoms with Gasteiger partial charge in [-0.1, -0.05) is 18.2 Å². The van der Waals surface area contributed by atoms with Crippen LogP contribution < -0.4 is 5.32 Å². The highest BCUT2D eigenvalue weighted by Gasteiger charge is 2.09. The average Bonchev–Trinajstić information content (AvgIpc) is 3.28. The van der Waals surface area contributed by atoms with Crippen LogP contribution in [0.3, 0.4) is 0 Å². The first-order valence-corrected chi connectivity index (χ1v) is 8.84. The molecule has 0 aliphatic rings. The molecule has 28 heavy (non-hydrogen) atoms. The van der Waals surface area contributed by atoms with E-state index in [9.17, 15) is 4.79 Å². The number of hydrogen-bond donors (Lipinski definition) is 1. The molecule has 0 saturated carbocycles. The molecule has 138 valence electrons. The maximum absolute atomic E-state index is 12.3. The predicted molar refractivity (Wildman–Crippen MR) is 106 cm³/mol. The SMILES string of the molecule is Cn1ccc2cc(CC(=O)Nc3cnn(Cc4ccc(C#N)cc4)n3)ccc21. The number of rotatable bonds is 5. The maximum Gasteiger partial charge on any atom is 0.230 e. The number of amides is 1. The lowest BCUT2D eigenvalue weighted by molar-refractivity contribution is -0.115. The van der Waals surface area contributed by atoms with Gasteiger partial charge in [0.25, 0.3) is 0 Å². The van der Waals surface area contributed by atoms with Crippen molar-refractivity contribution in [3.05, 3.63) is 77.6 Å². The summed E-state index contributed by atoms with van der Waals surface area (Å²) in [5.74, 6) is 0.278. The van der Waals surface area contributed by atoms with E-state index in [4.69, 9.17) is 5.26 Å². The number of benzene rings is 2. The molecule has 0 saturated heterocycles. The third-order valence-electron chi connectivity index (χ3n) is 4.53. The first kappa shape index (κ1) is 17.5. The Morgan fingerprint density at radius 3 is 2.71 bits per heavy atom. The number of aryl methyl sites for hydroxylation is 1. The number of nitrogens with zero attached hydrogens (tertiary/aromatic N) is 5. The van der Waals surface area contributed by atoms with E-state index in [0.29, 0.717) is 17.9 Å². The number of carbonyl (C=O) groups excluding carboxylic acids is 1. The van der Waals surface area contributed by atoms with Crippen LogP contribution in [0.25, 0.3) is 10.9 Å². The van der Waals surface area contributed by atoms with E-state index in [-0.39, 0.29) is 12.3 Å². The van der Waals surface area contributed by atoms with Crippen LogP contribution in [-0.4, -0.2) is 25.5 Å². The van der Waals surface area contributed by atoms with Gasteiger partial charge < -0.3 is 9.88 Å². The van der Waals surface area contributed by atoms with E-state index < -0.39 is 0 Å². The van der Waals surface area contributed by atoms with Crippen molar-refractivity contribution in [3.8, 4) is 6.07 Å². The van der Waals surface area contributed by atoms with Crippen molar-refractivity contribution >= 4 is 22.6 Å². The van der Waals surface area contributed by atoms with Crippen LogP contribution in [0.4, 0.5) is 5.82 Å². The number of hydrogen-bond acceptors (Lipinski definition) is 4. The van der Waals surface area contributed by atoms with Crippen LogP contribution in [0.5, 0.6) is 0 Å².